The van der Waals surface area contributed by atoms with Gasteiger partial charge >= 0.3 is 5.97 Å². The van der Waals surface area contributed by atoms with E-state index >= 15 is 0 Å². The Bertz CT molecular complexity index is 211. The van der Waals surface area contributed by atoms with E-state index in [1.54, 1.807) is 0 Å². The molecule has 0 radical (unpaired) electrons. The van der Waals surface area contributed by atoms with E-state index in [0.717, 1.165) is 12.8 Å². The monoisotopic (exact) mass is 228 g/mol. The molecule has 0 saturated carbocycles. The lowest BCUT2D eigenvalue weighted by molar-refractivity contribution is -0.153. The standard InChI is InChI=1S/C14H28O2/c1-7-14(5,6)10-8-9-11-16-12(15)13(2,3)4/h7-11H2,1-6H3. The van der Waals surface area contributed by atoms with Gasteiger partial charge in [0.25, 0.3) is 0 Å². The van der Waals surface area contributed by atoms with Gasteiger partial charge < -0.3 is 4.74 Å². The fourth-order valence-electron chi connectivity index (χ4n) is 1.26. The summed E-state index contributed by atoms with van der Waals surface area (Å²) in [6.07, 6.45) is 4.52. The summed E-state index contributed by atoms with van der Waals surface area (Å²) in [6, 6.07) is 0. The third-order valence-corrected chi connectivity index (χ3v) is 3.05. The molecule has 0 aliphatic heterocycles. The molecule has 96 valence electrons. The lowest BCUT2D eigenvalue weighted by Gasteiger charge is -2.22. The highest BCUT2D eigenvalue weighted by atomic mass is 16.5. The number of carbonyl (C=O) groups is 1. The van der Waals surface area contributed by atoms with E-state index in [2.05, 4.69) is 20.8 Å². The summed E-state index contributed by atoms with van der Waals surface area (Å²) in [6.45, 7) is 13.0. The molecule has 0 rings (SSSR count). The number of esters is 1. The van der Waals surface area contributed by atoms with Gasteiger partial charge in [-0.15, -0.1) is 0 Å². The van der Waals surface area contributed by atoms with Gasteiger partial charge in [0.1, 0.15) is 0 Å². The molecule has 0 unspecified atom stereocenters. The van der Waals surface area contributed by atoms with Crippen molar-refractivity contribution in [2.75, 3.05) is 6.61 Å². The van der Waals surface area contributed by atoms with Crippen LogP contribution in [0.25, 0.3) is 0 Å². The predicted octanol–water partition coefficient (Wildman–Crippen LogP) is 4.18. The third kappa shape index (κ3) is 6.86. The van der Waals surface area contributed by atoms with Crippen LogP contribution in [0.2, 0.25) is 0 Å². The van der Waals surface area contributed by atoms with Crippen molar-refractivity contribution in [1.29, 1.82) is 0 Å². The number of hydrogen-bond donors (Lipinski definition) is 0. The first-order chi connectivity index (χ1) is 7.19. The minimum absolute atomic E-state index is 0.0951. The Hall–Kier alpha value is -0.530. The van der Waals surface area contributed by atoms with Gasteiger partial charge in [0.2, 0.25) is 0 Å². The van der Waals surface area contributed by atoms with E-state index in [1.807, 2.05) is 20.8 Å². The van der Waals surface area contributed by atoms with Crippen molar-refractivity contribution in [1.82, 2.24) is 0 Å². The molecule has 0 heterocycles. The van der Waals surface area contributed by atoms with Crippen LogP contribution in [-0.2, 0) is 9.53 Å². The van der Waals surface area contributed by atoms with Crippen LogP contribution in [0.1, 0.15) is 67.2 Å². The van der Waals surface area contributed by atoms with Gasteiger partial charge in [0, 0.05) is 0 Å². The molecular weight excluding hydrogens is 200 g/mol. The maximum absolute atomic E-state index is 11.5. The lowest BCUT2D eigenvalue weighted by Crippen LogP contribution is -2.23. The molecule has 0 aromatic carbocycles. The number of unbranched alkanes of at least 4 members (excludes halogenated alkanes) is 1. The quantitative estimate of drug-likeness (QED) is 0.503. The highest BCUT2D eigenvalue weighted by Crippen LogP contribution is 2.26. The van der Waals surface area contributed by atoms with Crippen molar-refractivity contribution >= 4 is 5.97 Å². The fourth-order valence-corrected chi connectivity index (χ4v) is 1.26. The number of ether oxygens (including phenoxy) is 1. The average molecular weight is 228 g/mol. The highest BCUT2D eigenvalue weighted by Gasteiger charge is 2.22. The number of rotatable bonds is 6. The normalized spacial score (nSPS) is 12.6. The molecule has 0 bridgehead atoms. The maximum atomic E-state index is 11.5. The second-order valence-electron chi connectivity index (χ2n) is 6.36. The first-order valence-corrected chi connectivity index (χ1v) is 6.36. The van der Waals surface area contributed by atoms with Crippen LogP contribution in [0.3, 0.4) is 0 Å². The zero-order chi connectivity index (χ0) is 12.8. The molecule has 0 aromatic rings. The first-order valence-electron chi connectivity index (χ1n) is 6.36. The number of carbonyl (C=O) groups excluding carboxylic acids is 1. The molecule has 0 saturated heterocycles. The Morgan fingerprint density at radius 2 is 1.62 bits per heavy atom. The van der Waals surface area contributed by atoms with Crippen molar-refractivity contribution in [3.05, 3.63) is 0 Å². The molecule has 0 atom stereocenters. The first kappa shape index (κ1) is 15.5. The summed E-state index contributed by atoms with van der Waals surface area (Å²) in [4.78, 5) is 11.5. The molecule has 0 aliphatic rings. The average Bonchev–Trinajstić information content (AvgIpc) is 2.15. The number of hydrogen-bond acceptors (Lipinski definition) is 2. The maximum Gasteiger partial charge on any atom is 0.311 e. The Morgan fingerprint density at radius 1 is 1.06 bits per heavy atom. The van der Waals surface area contributed by atoms with Gasteiger partial charge in [0.15, 0.2) is 0 Å². The molecule has 2 heteroatoms. The largest absolute Gasteiger partial charge is 0.465 e. The summed E-state index contributed by atoms with van der Waals surface area (Å²) < 4.78 is 5.22. The van der Waals surface area contributed by atoms with Crippen LogP contribution in [0.5, 0.6) is 0 Å². The second kappa shape index (κ2) is 6.27. The van der Waals surface area contributed by atoms with E-state index in [4.69, 9.17) is 4.74 Å². The zero-order valence-corrected chi connectivity index (χ0v) is 11.9. The SMILES string of the molecule is CCC(C)(C)CCCCOC(=O)C(C)(C)C. The smallest absolute Gasteiger partial charge is 0.311 e. The van der Waals surface area contributed by atoms with Crippen molar-refractivity contribution in [3.63, 3.8) is 0 Å². The van der Waals surface area contributed by atoms with Gasteiger partial charge in [-0.3, -0.25) is 4.79 Å². The van der Waals surface area contributed by atoms with Crippen LogP contribution in [-0.4, -0.2) is 12.6 Å². The van der Waals surface area contributed by atoms with Crippen molar-refractivity contribution in [3.8, 4) is 0 Å². The van der Waals surface area contributed by atoms with Crippen LogP contribution >= 0.6 is 0 Å². The van der Waals surface area contributed by atoms with Crippen LogP contribution in [0.15, 0.2) is 0 Å². The molecular formula is C14H28O2. The molecule has 16 heavy (non-hydrogen) atoms. The van der Waals surface area contributed by atoms with Gasteiger partial charge in [-0.2, -0.15) is 0 Å². The van der Waals surface area contributed by atoms with Crippen molar-refractivity contribution < 1.29 is 9.53 Å². The highest BCUT2D eigenvalue weighted by molar-refractivity contribution is 5.75. The van der Waals surface area contributed by atoms with Crippen LogP contribution in [0.4, 0.5) is 0 Å². The van der Waals surface area contributed by atoms with Crippen LogP contribution in [0, 0.1) is 10.8 Å². The van der Waals surface area contributed by atoms with E-state index in [0.29, 0.717) is 12.0 Å². The summed E-state index contributed by atoms with van der Waals surface area (Å²) in [5.74, 6) is -0.0951. The molecule has 0 aromatic heterocycles. The summed E-state index contributed by atoms with van der Waals surface area (Å²) in [7, 11) is 0. The van der Waals surface area contributed by atoms with Gasteiger partial charge in [-0.05, 0) is 45.4 Å². The van der Waals surface area contributed by atoms with E-state index < -0.39 is 0 Å². The fraction of sp³-hybridized carbons (Fsp3) is 0.929. The van der Waals surface area contributed by atoms with Crippen molar-refractivity contribution in [2.45, 2.75) is 67.2 Å². The second-order valence-corrected chi connectivity index (χ2v) is 6.36. The van der Waals surface area contributed by atoms with E-state index in [1.165, 1.54) is 12.8 Å². The van der Waals surface area contributed by atoms with E-state index in [-0.39, 0.29) is 11.4 Å². The van der Waals surface area contributed by atoms with Crippen molar-refractivity contribution in [2.24, 2.45) is 10.8 Å². The van der Waals surface area contributed by atoms with E-state index in [9.17, 15) is 4.79 Å². The molecule has 2 nitrogen and oxygen atoms in total. The summed E-state index contributed by atoms with van der Waals surface area (Å²) in [5.41, 5.74) is 0.0523. The predicted molar refractivity (Wildman–Crippen MR) is 68.3 cm³/mol. The Morgan fingerprint density at radius 3 is 2.06 bits per heavy atom. The van der Waals surface area contributed by atoms with Gasteiger partial charge in [-0.25, -0.2) is 0 Å². The summed E-state index contributed by atoms with van der Waals surface area (Å²) in [5, 5.41) is 0. The minimum atomic E-state index is -0.372. The van der Waals surface area contributed by atoms with Gasteiger partial charge in [0.05, 0.1) is 12.0 Å². The Labute approximate surface area is 101 Å². The summed E-state index contributed by atoms with van der Waals surface area (Å²) >= 11 is 0. The molecule has 0 N–H and O–H groups in total. The molecule has 0 spiro atoms. The van der Waals surface area contributed by atoms with Crippen LogP contribution < -0.4 is 0 Å². The Kier molecular flexibility index (Phi) is 6.06. The topological polar surface area (TPSA) is 26.3 Å². The molecule has 0 fully saturated rings. The Balaban J connectivity index is 3.59. The molecule has 0 amide bonds. The third-order valence-electron chi connectivity index (χ3n) is 3.05. The van der Waals surface area contributed by atoms with Gasteiger partial charge in [-0.1, -0.05) is 27.2 Å². The minimum Gasteiger partial charge on any atom is -0.465 e. The molecule has 0 aliphatic carbocycles. The zero-order valence-electron chi connectivity index (χ0n) is 11.9. The lowest BCUT2D eigenvalue weighted by atomic mass is 9.85.